The molecule has 0 bridgehead atoms. The van der Waals surface area contributed by atoms with E-state index in [2.05, 4.69) is 69.4 Å². The van der Waals surface area contributed by atoms with Crippen LogP contribution < -0.4 is 5.32 Å². The van der Waals surface area contributed by atoms with Crippen LogP contribution >= 0.6 is 0 Å². The lowest BCUT2D eigenvalue weighted by molar-refractivity contribution is -0.227. The van der Waals surface area contributed by atoms with E-state index in [-0.39, 0.29) is 34.1 Å². The van der Waals surface area contributed by atoms with Crippen LogP contribution in [0.5, 0.6) is 0 Å². The third kappa shape index (κ3) is 5.59. The predicted molar refractivity (Wildman–Crippen MR) is 174 cm³/mol. The molecule has 0 spiro atoms. The van der Waals surface area contributed by atoms with Gasteiger partial charge in [0.25, 0.3) is 0 Å². The molecule has 5 rings (SSSR count). The Morgan fingerprint density at radius 2 is 1.75 bits per heavy atom. The van der Waals surface area contributed by atoms with E-state index in [0.29, 0.717) is 49.1 Å². The van der Waals surface area contributed by atoms with Gasteiger partial charge in [-0.3, -0.25) is 4.79 Å². The summed E-state index contributed by atoms with van der Waals surface area (Å²) in [5.41, 5.74) is 3.06. The van der Waals surface area contributed by atoms with Gasteiger partial charge in [0.05, 0.1) is 6.10 Å². The maximum atomic E-state index is 12.8. The molecular weight excluding hydrogens is 550 g/mol. The van der Waals surface area contributed by atoms with Crippen molar-refractivity contribution >= 4 is 11.9 Å². The highest BCUT2D eigenvalue weighted by Gasteiger charge is 2.70. The largest absolute Gasteiger partial charge is 0.478 e. The van der Waals surface area contributed by atoms with Crippen molar-refractivity contribution in [2.45, 2.75) is 125 Å². The van der Waals surface area contributed by atoms with E-state index in [4.69, 9.17) is 4.74 Å². The number of aliphatic carboxylic acids is 1. The summed E-state index contributed by atoms with van der Waals surface area (Å²) >= 11 is 0. The van der Waals surface area contributed by atoms with Crippen LogP contribution in [0.25, 0.3) is 0 Å². The standard InChI is InChI=1S/C38H55NO5/c1-23(2)12-11-15-27(35(42)43)33-29-20-31(41)34-36(5)18-17-30(39-22-26-13-9-8-10-14-26)24(3)28(36)16-19-37(34,6)38(29,7)21-32(33)44-25(4)40/h8-10,12-14,24,28-32,34,39,41H,11,15-22H2,1-7H3,(H,42,43)/b33-27-/t24-,28?,29+,30-,31+,32-,34+,36-,37-,38-/m0/s1. The van der Waals surface area contributed by atoms with Gasteiger partial charge in [-0.15, -0.1) is 0 Å². The number of fused-ring (bicyclic) bond motifs is 5. The van der Waals surface area contributed by atoms with E-state index in [1.807, 2.05) is 13.8 Å². The molecule has 4 fully saturated rings. The lowest BCUT2D eigenvalue weighted by Crippen LogP contribution is -2.66. The van der Waals surface area contributed by atoms with Crippen LogP contribution in [0.4, 0.5) is 0 Å². The number of nitrogens with one attached hydrogen (secondary N) is 1. The third-order valence-electron chi connectivity index (χ3n) is 13.0. The molecule has 10 atom stereocenters. The van der Waals surface area contributed by atoms with Gasteiger partial charge >= 0.3 is 11.9 Å². The Balaban J connectivity index is 1.47. The highest BCUT2D eigenvalue weighted by molar-refractivity contribution is 5.88. The number of hydrogen-bond acceptors (Lipinski definition) is 5. The second-order valence-electron chi connectivity index (χ2n) is 15.6. The summed E-state index contributed by atoms with van der Waals surface area (Å²) in [6, 6.07) is 11.0. The molecule has 0 radical (unpaired) electrons. The number of aliphatic hydroxyl groups is 1. The zero-order valence-corrected chi connectivity index (χ0v) is 28.0. The minimum atomic E-state index is -0.934. The van der Waals surface area contributed by atoms with Gasteiger partial charge in [-0.25, -0.2) is 4.79 Å². The van der Waals surface area contributed by atoms with Crippen LogP contribution in [-0.2, 0) is 20.9 Å². The van der Waals surface area contributed by atoms with Gasteiger partial charge in [-0.1, -0.05) is 69.7 Å². The number of hydrogen-bond donors (Lipinski definition) is 3. The van der Waals surface area contributed by atoms with E-state index < -0.39 is 18.2 Å². The number of carboxylic acid groups (broad SMARTS) is 1. The second kappa shape index (κ2) is 12.4. The fourth-order valence-corrected chi connectivity index (χ4v) is 10.9. The van der Waals surface area contributed by atoms with E-state index in [0.717, 1.165) is 43.4 Å². The van der Waals surface area contributed by atoms with Crippen LogP contribution in [-0.4, -0.2) is 40.4 Å². The van der Waals surface area contributed by atoms with Gasteiger partial charge in [-0.05, 0) is 116 Å². The molecule has 1 unspecified atom stereocenters. The summed E-state index contributed by atoms with van der Waals surface area (Å²) in [4.78, 5) is 25.1. The highest BCUT2D eigenvalue weighted by atomic mass is 16.5. The zero-order chi connectivity index (χ0) is 32.0. The lowest BCUT2D eigenvalue weighted by atomic mass is 9.36. The highest BCUT2D eigenvalue weighted by Crippen LogP contribution is 2.74. The Morgan fingerprint density at radius 1 is 1.05 bits per heavy atom. The SMILES string of the molecule is CC(=O)O[C@H]1C[C@@]2(C)[C@H](C[C@@H](O)[C@@H]3[C@@]4(C)CC[C@H](NCc5ccccc5)[C@@H](C)C4CC[C@@]32C)/C1=C(\CCC=C(C)C)C(=O)O. The Labute approximate surface area is 264 Å². The first-order valence-electron chi connectivity index (χ1n) is 16.9. The maximum Gasteiger partial charge on any atom is 0.331 e. The molecule has 3 N–H and O–H groups in total. The van der Waals surface area contributed by atoms with E-state index in [1.165, 1.54) is 12.5 Å². The summed E-state index contributed by atoms with van der Waals surface area (Å²) < 4.78 is 5.96. The van der Waals surface area contributed by atoms with Crippen molar-refractivity contribution in [1.82, 2.24) is 5.32 Å². The molecule has 1 aromatic carbocycles. The van der Waals surface area contributed by atoms with Crippen LogP contribution in [0.1, 0.15) is 105 Å². The Hall–Kier alpha value is -2.44. The number of aliphatic hydroxyl groups excluding tert-OH is 1. The molecule has 0 saturated heterocycles. The number of rotatable bonds is 8. The second-order valence-corrected chi connectivity index (χ2v) is 15.6. The Kier molecular flexibility index (Phi) is 9.28. The number of carbonyl (C=O) groups is 2. The first kappa shape index (κ1) is 32.9. The molecule has 0 aliphatic heterocycles. The van der Waals surface area contributed by atoms with Crippen molar-refractivity contribution < 1.29 is 24.5 Å². The molecule has 0 amide bonds. The van der Waals surface area contributed by atoms with Gasteiger partial charge in [0.2, 0.25) is 0 Å². The summed E-state index contributed by atoms with van der Waals surface area (Å²) in [5, 5.41) is 26.5. The molecule has 6 heteroatoms. The zero-order valence-electron chi connectivity index (χ0n) is 28.0. The molecule has 0 aromatic heterocycles. The van der Waals surface area contributed by atoms with Crippen molar-refractivity contribution in [3.8, 4) is 0 Å². The monoisotopic (exact) mass is 605 g/mol. The average molecular weight is 606 g/mol. The van der Waals surface area contributed by atoms with Crippen LogP contribution in [0, 0.1) is 39.9 Å². The van der Waals surface area contributed by atoms with Crippen molar-refractivity contribution in [2.75, 3.05) is 0 Å². The Bertz CT molecular complexity index is 1300. The topological polar surface area (TPSA) is 95.9 Å². The number of ether oxygens (including phenoxy) is 1. The average Bonchev–Trinajstić information content (AvgIpc) is 3.22. The van der Waals surface area contributed by atoms with Crippen molar-refractivity contribution in [3.05, 3.63) is 58.7 Å². The van der Waals surface area contributed by atoms with Crippen LogP contribution in [0.2, 0.25) is 0 Å². The van der Waals surface area contributed by atoms with E-state index in [1.54, 1.807) is 0 Å². The van der Waals surface area contributed by atoms with Gasteiger partial charge in [-0.2, -0.15) is 0 Å². The minimum absolute atomic E-state index is 0.0206. The van der Waals surface area contributed by atoms with Crippen LogP contribution in [0.15, 0.2) is 53.1 Å². The summed E-state index contributed by atoms with van der Waals surface area (Å²) in [7, 11) is 0. The molecule has 0 heterocycles. The van der Waals surface area contributed by atoms with Crippen molar-refractivity contribution in [2.24, 2.45) is 39.9 Å². The van der Waals surface area contributed by atoms with Gasteiger partial charge in [0, 0.05) is 25.1 Å². The predicted octanol–water partition coefficient (Wildman–Crippen LogP) is 7.46. The van der Waals surface area contributed by atoms with Crippen molar-refractivity contribution in [1.29, 1.82) is 0 Å². The number of carboxylic acids is 1. The molecule has 1 aromatic rings. The summed E-state index contributed by atoms with van der Waals surface area (Å²) in [6.07, 6.45) is 7.34. The minimum Gasteiger partial charge on any atom is -0.478 e. The van der Waals surface area contributed by atoms with Gasteiger partial charge in [0.15, 0.2) is 0 Å². The number of carbonyl (C=O) groups excluding carboxylic acids is 1. The van der Waals surface area contributed by atoms with Crippen molar-refractivity contribution in [3.63, 3.8) is 0 Å². The fraction of sp³-hybridized carbons (Fsp3) is 0.684. The molecule has 242 valence electrons. The molecule has 6 nitrogen and oxygen atoms in total. The number of benzene rings is 1. The Morgan fingerprint density at radius 3 is 2.39 bits per heavy atom. The van der Waals surface area contributed by atoms with E-state index >= 15 is 0 Å². The molecule has 4 aliphatic rings. The van der Waals surface area contributed by atoms with Gasteiger partial charge in [0.1, 0.15) is 6.10 Å². The maximum absolute atomic E-state index is 12.8. The summed E-state index contributed by atoms with van der Waals surface area (Å²) in [6.45, 7) is 15.9. The quantitative estimate of drug-likeness (QED) is 0.162. The lowest BCUT2D eigenvalue weighted by Gasteiger charge is -2.69. The molecule has 4 saturated carbocycles. The smallest absolute Gasteiger partial charge is 0.331 e. The molecular formula is C38H55NO5. The fourth-order valence-electron chi connectivity index (χ4n) is 10.9. The molecule has 44 heavy (non-hydrogen) atoms. The number of allylic oxidation sites excluding steroid dienone is 2. The summed E-state index contributed by atoms with van der Waals surface area (Å²) in [5.74, 6) is -0.364. The van der Waals surface area contributed by atoms with Gasteiger partial charge < -0.3 is 20.3 Å². The third-order valence-corrected chi connectivity index (χ3v) is 13.0. The normalized spacial score (nSPS) is 40.7. The molecule has 4 aliphatic carbocycles. The van der Waals surface area contributed by atoms with E-state index in [9.17, 15) is 19.8 Å². The first-order chi connectivity index (χ1) is 20.7. The number of esters is 1. The van der Waals surface area contributed by atoms with Crippen LogP contribution in [0.3, 0.4) is 0 Å². The first-order valence-corrected chi connectivity index (χ1v) is 16.9.